The highest BCUT2D eigenvalue weighted by molar-refractivity contribution is 6.23. The van der Waals surface area contributed by atoms with E-state index in [4.69, 9.17) is 0 Å². The quantitative estimate of drug-likeness (QED) is 0.147. The summed E-state index contributed by atoms with van der Waals surface area (Å²) in [6.45, 7) is 0. The Morgan fingerprint density at radius 1 is 0.200 bits per heavy atom. The third kappa shape index (κ3) is 5.57. The molecule has 0 saturated heterocycles. The predicted octanol–water partition coefficient (Wildman–Crippen LogP) is 17.3. The summed E-state index contributed by atoms with van der Waals surface area (Å²) in [5.74, 6) is 0. The minimum absolute atomic E-state index is 0.607. The molecule has 1 aliphatic rings. The Morgan fingerprint density at radius 3 is 0.738 bits per heavy atom. The monoisotopic (exact) mass is 822 g/mol. The Labute approximate surface area is 379 Å². The molecule has 0 unspecified atom stereocenters. The second-order valence-electron chi connectivity index (χ2n) is 17.4. The highest BCUT2D eigenvalue weighted by Crippen LogP contribution is 2.58. The van der Waals surface area contributed by atoms with Gasteiger partial charge in [-0.25, -0.2) is 0 Å². The topological polar surface area (TPSA) is 0 Å². The van der Waals surface area contributed by atoms with Crippen molar-refractivity contribution in [2.75, 3.05) is 0 Å². The Bertz CT molecular complexity index is 3420. The number of hydrogen-bond donors (Lipinski definition) is 0. The van der Waals surface area contributed by atoms with Crippen LogP contribution in [-0.2, 0) is 5.41 Å². The average molecular weight is 823 g/mol. The Morgan fingerprint density at radius 2 is 0.446 bits per heavy atom. The lowest BCUT2D eigenvalue weighted by Crippen LogP contribution is -2.28. The summed E-state index contributed by atoms with van der Waals surface area (Å²) in [6, 6.07) is 94.8. The van der Waals surface area contributed by atoms with Crippen LogP contribution in [0.3, 0.4) is 0 Å². The maximum absolute atomic E-state index is 2.53. The van der Waals surface area contributed by atoms with Gasteiger partial charge in [-0.15, -0.1) is 0 Å². The van der Waals surface area contributed by atoms with E-state index in [1.165, 1.54) is 121 Å². The smallest absolute Gasteiger partial charge is 0.0622 e. The molecule has 0 N–H and O–H groups in total. The van der Waals surface area contributed by atoms with Gasteiger partial charge < -0.3 is 0 Å². The van der Waals surface area contributed by atoms with Crippen molar-refractivity contribution in [3.63, 3.8) is 0 Å². The fourth-order valence-electron chi connectivity index (χ4n) is 11.5. The van der Waals surface area contributed by atoms with Gasteiger partial charge in [0.05, 0.1) is 5.41 Å². The maximum atomic E-state index is 2.53. The van der Waals surface area contributed by atoms with Crippen LogP contribution in [0.1, 0.15) is 22.3 Å². The van der Waals surface area contributed by atoms with Crippen LogP contribution in [0.5, 0.6) is 0 Å². The lowest BCUT2D eigenvalue weighted by atomic mass is 9.67. The van der Waals surface area contributed by atoms with Gasteiger partial charge in [0.25, 0.3) is 0 Å². The number of hydrogen-bond acceptors (Lipinski definition) is 0. The molecular weight excluding hydrogens is 781 g/mol. The summed E-state index contributed by atoms with van der Waals surface area (Å²) in [5, 5.41) is 10.1. The minimum Gasteiger partial charge on any atom is -0.0622 e. The van der Waals surface area contributed by atoms with Crippen LogP contribution in [0, 0.1) is 0 Å². The van der Waals surface area contributed by atoms with Crippen LogP contribution in [0.2, 0.25) is 0 Å². The van der Waals surface area contributed by atoms with E-state index in [0.717, 1.165) is 0 Å². The first-order valence-electron chi connectivity index (χ1n) is 22.7. The Hall–Kier alpha value is -8.32. The highest BCUT2D eigenvalue weighted by Gasteiger charge is 2.46. The molecular formula is C65H42. The molecule has 0 nitrogen and oxygen atoms in total. The molecule has 0 heterocycles. The Balaban J connectivity index is 1.11. The molecule has 0 amide bonds. The summed E-state index contributed by atoms with van der Waals surface area (Å²) < 4.78 is 0. The summed E-state index contributed by atoms with van der Waals surface area (Å²) >= 11 is 0. The zero-order valence-electron chi connectivity index (χ0n) is 35.7. The van der Waals surface area contributed by atoms with E-state index in [9.17, 15) is 0 Å². The first kappa shape index (κ1) is 37.3. The number of rotatable bonds is 6. The largest absolute Gasteiger partial charge is 0.0713 e. The normalized spacial score (nSPS) is 12.7. The maximum Gasteiger partial charge on any atom is 0.0713 e. The standard InChI is InChI=1S/C65H42/c1-5-21-43(22-6-1)61-51-29-13-17-33-55(51)63(56-34-18-14-30-52(56)61)45-37-39-49-50-40-38-46(42-60(50)65(59(49)41-45,47-25-9-3-10-26-47)48-27-11-4-12-28-48)64-57-35-19-15-31-53(57)62(44-23-7-2-8-24-44)54-32-16-20-36-58(54)64/h1-42H. The van der Waals surface area contributed by atoms with Crippen LogP contribution in [0.25, 0.3) is 98.7 Å². The van der Waals surface area contributed by atoms with Gasteiger partial charge in [0.15, 0.2) is 0 Å². The van der Waals surface area contributed by atoms with Crippen molar-refractivity contribution in [2.24, 2.45) is 0 Å². The number of fused-ring (bicyclic) bond motifs is 7. The first-order valence-corrected chi connectivity index (χ1v) is 22.7. The van der Waals surface area contributed by atoms with E-state index < -0.39 is 5.41 Å². The van der Waals surface area contributed by atoms with E-state index in [1.54, 1.807) is 0 Å². The third-order valence-corrected chi connectivity index (χ3v) is 14.1. The van der Waals surface area contributed by atoms with Crippen molar-refractivity contribution in [1.82, 2.24) is 0 Å². The van der Waals surface area contributed by atoms with Crippen molar-refractivity contribution in [1.29, 1.82) is 0 Å². The molecule has 0 aromatic heterocycles. The Kier molecular flexibility index (Phi) is 8.54. The fraction of sp³-hybridized carbons (Fsp3) is 0.0154. The fourth-order valence-corrected chi connectivity index (χ4v) is 11.5. The highest BCUT2D eigenvalue weighted by atomic mass is 14.5. The molecule has 0 aliphatic heterocycles. The van der Waals surface area contributed by atoms with Gasteiger partial charge in [0, 0.05) is 0 Å². The molecule has 0 saturated carbocycles. The molecule has 12 aromatic rings. The van der Waals surface area contributed by atoms with E-state index >= 15 is 0 Å². The SMILES string of the molecule is c1ccc(-c2c3ccccc3c(-c3ccc4c(c3)C(c3ccccc3)(c3ccccc3)c3cc(-c5c6ccccc6c(-c6ccccc6)c6ccccc56)ccc3-4)c3ccccc23)cc1. The van der Waals surface area contributed by atoms with E-state index in [0.29, 0.717) is 0 Å². The van der Waals surface area contributed by atoms with Gasteiger partial charge in [-0.3, -0.25) is 0 Å². The predicted molar refractivity (Wildman–Crippen MR) is 276 cm³/mol. The van der Waals surface area contributed by atoms with E-state index in [-0.39, 0.29) is 0 Å². The molecule has 12 aromatic carbocycles. The van der Waals surface area contributed by atoms with Crippen LogP contribution >= 0.6 is 0 Å². The van der Waals surface area contributed by atoms with Gasteiger partial charge >= 0.3 is 0 Å². The zero-order valence-corrected chi connectivity index (χ0v) is 35.7. The van der Waals surface area contributed by atoms with Gasteiger partial charge in [-0.2, -0.15) is 0 Å². The minimum atomic E-state index is -0.607. The van der Waals surface area contributed by atoms with Crippen LogP contribution in [-0.4, -0.2) is 0 Å². The average Bonchev–Trinajstić information content (AvgIpc) is 3.67. The lowest BCUT2D eigenvalue weighted by molar-refractivity contribution is 0.769. The molecule has 0 fully saturated rings. The van der Waals surface area contributed by atoms with Gasteiger partial charge in [0.2, 0.25) is 0 Å². The molecule has 0 atom stereocenters. The summed E-state index contributed by atoms with van der Waals surface area (Å²) in [4.78, 5) is 0. The zero-order chi connectivity index (χ0) is 42.9. The molecule has 0 spiro atoms. The summed E-state index contributed by atoms with van der Waals surface area (Å²) in [7, 11) is 0. The van der Waals surface area contributed by atoms with Crippen LogP contribution in [0.15, 0.2) is 255 Å². The molecule has 13 rings (SSSR count). The molecule has 0 bridgehead atoms. The molecule has 302 valence electrons. The summed E-state index contributed by atoms with van der Waals surface area (Å²) in [5.41, 5.74) is 17.0. The van der Waals surface area contributed by atoms with Crippen molar-refractivity contribution in [3.8, 4) is 55.6 Å². The molecule has 0 heteroatoms. The lowest BCUT2D eigenvalue weighted by Gasteiger charge is -2.34. The van der Waals surface area contributed by atoms with Crippen LogP contribution in [0.4, 0.5) is 0 Å². The molecule has 0 radical (unpaired) electrons. The van der Waals surface area contributed by atoms with Gasteiger partial charge in [0.1, 0.15) is 0 Å². The van der Waals surface area contributed by atoms with Gasteiger partial charge in [-0.1, -0.05) is 243 Å². The molecule has 1 aliphatic carbocycles. The molecule has 65 heavy (non-hydrogen) atoms. The first-order chi connectivity index (χ1) is 32.3. The number of benzene rings is 12. The third-order valence-electron chi connectivity index (χ3n) is 14.1. The van der Waals surface area contributed by atoms with Crippen molar-refractivity contribution >= 4 is 43.1 Å². The van der Waals surface area contributed by atoms with Gasteiger partial charge in [-0.05, 0) is 133 Å². The van der Waals surface area contributed by atoms with Crippen molar-refractivity contribution in [3.05, 3.63) is 277 Å². The van der Waals surface area contributed by atoms with Crippen LogP contribution < -0.4 is 0 Å². The summed E-state index contributed by atoms with van der Waals surface area (Å²) in [6.07, 6.45) is 0. The van der Waals surface area contributed by atoms with E-state index in [1.807, 2.05) is 0 Å². The van der Waals surface area contributed by atoms with E-state index in [2.05, 4.69) is 255 Å². The second kappa shape index (κ2) is 14.9. The van der Waals surface area contributed by atoms with Crippen molar-refractivity contribution in [2.45, 2.75) is 5.41 Å². The second-order valence-corrected chi connectivity index (χ2v) is 17.4. The van der Waals surface area contributed by atoms with Crippen molar-refractivity contribution < 1.29 is 0 Å².